The van der Waals surface area contributed by atoms with Crippen LogP contribution in [0.2, 0.25) is 5.15 Å². The van der Waals surface area contributed by atoms with Crippen molar-refractivity contribution in [2.45, 2.75) is 26.7 Å². The second kappa shape index (κ2) is 4.13. The van der Waals surface area contributed by atoms with Crippen molar-refractivity contribution in [3.05, 3.63) is 17.3 Å². The number of aromatic nitrogens is 1. The van der Waals surface area contributed by atoms with Crippen LogP contribution in [-0.4, -0.2) is 18.1 Å². The van der Waals surface area contributed by atoms with Crippen molar-refractivity contribution >= 4 is 23.1 Å². The summed E-state index contributed by atoms with van der Waals surface area (Å²) in [5.41, 5.74) is 6.81. The lowest BCUT2D eigenvalue weighted by atomic mass is 9.84. The number of nitrogens with zero attached hydrogens (tertiary/aromatic N) is 2. The number of rotatable bonds is 1. The van der Waals surface area contributed by atoms with Gasteiger partial charge in [0.25, 0.3) is 0 Å². The molecule has 1 aromatic heterocycles. The molecule has 0 unspecified atom stereocenters. The van der Waals surface area contributed by atoms with Crippen LogP contribution < -0.4 is 10.6 Å². The van der Waals surface area contributed by atoms with Gasteiger partial charge in [-0.05, 0) is 24.3 Å². The number of hydrogen-bond donors (Lipinski definition) is 1. The van der Waals surface area contributed by atoms with Gasteiger partial charge in [0.1, 0.15) is 11.0 Å². The maximum atomic E-state index is 5.92. The van der Waals surface area contributed by atoms with Crippen molar-refractivity contribution in [1.82, 2.24) is 4.98 Å². The third-order valence-electron chi connectivity index (χ3n) is 3.03. The van der Waals surface area contributed by atoms with E-state index >= 15 is 0 Å². The topological polar surface area (TPSA) is 42.1 Å². The molecule has 88 valence electrons. The first-order valence-corrected chi connectivity index (χ1v) is 6.02. The molecule has 0 atom stereocenters. The third-order valence-corrected chi connectivity index (χ3v) is 3.22. The summed E-state index contributed by atoms with van der Waals surface area (Å²) in [6, 6.07) is 3.58. The van der Waals surface area contributed by atoms with E-state index in [-0.39, 0.29) is 0 Å². The van der Waals surface area contributed by atoms with Gasteiger partial charge >= 0.3 is 0 Å². The molecule has 16 heavy (non-hydrogen) atoms. The second-order valence-corrected chi connectivity index (χ2v) is 5.66. The summed E-state index contributed by atoms with van der Waals surface area (Å²) in [7, 11) is 0. The minimum atomic E-state index is 0.344. The lowest BCUT2D eigenvalue weighted by Gasteiger charge is -2.38. The number of nitrogen functional groups attached to an aromatic ring is 1. The maximum absolute atomic E-state index is 5.92. The highest BCUT2D eigenvalue weighted by Crippen LogP contribution is 2.31. The van der Waals surface area contributed by atoms with Crippen molar-refractivity contribution in [1.29, 1.82) is 0 Å². The van der Waals surface area contributed by atoms with Gasteiger partial charge in [0.15, 0.2) is 0 Å². The molecule has 0 spiro atoms. The number of anilines is 2. The SMILES string of the molecule is CC1(C)CCCN(c2cc(N)cc(Cl)n2)C1. The van der Waals surface area contributed by atoms with Gasteiger partial charge in [-0.2, -0.15) is 0 Å². The minimum absolute atomic E-state index is 0.344. The molecule has 1 fully saturated rings. The van der Waals surface area contributed by atoms with Crippen molar-refractivity contribution in [2.75, 3.05) is 23.7 Å². The number of halogens is 1. The van der Waals surface area contributed by atoms with E-state index in [0.717, 1.165) is 18.9 Å². The van der Waals surface area contributed by atoms with Crippen LogP contribution in [0.3, 0.4) is 0 Å². The standard InChI is InChI=1S/C12H18ClN3/c1-12(2)4-3-5-16(8-12)11-7-9(14)6-10(13)15-11/h6-7H,3-5,8H2,1-2H3,(H2,14,15). The first-order chi connectivity index (χ1) is 7.46. The molecule has 0 radical (unpaired) electrons. The largest absolute Gasteiger partial charge is 0.399 e. The Labute approximate surface area is 102 Å². The van der Waals surface area contributed by atoms with E-state index in [4.69, 9.17) is 17.3 Å². The third kappa shape index (κ3) is 2.59. The Morgan fingerprint density at radius 2 is 2.19 bits per heavy atom. The van der Waals surface area contributed by atoms with Crippen LogP contribution in [0.15, 0.2) is 12.1 Å². The van der Waals surface area contributed by atoms with Crippen molar-refractivity contribution in [3.63, 3.8) is 0 Å². The Morgan fingerprint density at radius 3 is 2.81 bits per heavy atom. The monoisotopic (exact) mass is 239 g/mol. The van der Waals surface area contributed by atoms with Gasteiger partial charge in [-0.15, -0.1) is 0 Å². The van der Waals surface area contributed by atoms with Crippen LogP contribution in [-0.2, 0) is 0 Å². The Balaban J connectivity index is 2.23. The lowest BCUT2D eigenvalue weighted by molar-refractivity contribution is 0.292. The second-order valence-electron chi connectivity index (χ2n) is 5.27. The zero-order valence-electron chi connectivity index (χ0n) is 9.83. The Morgan fingerprint density at radius 1 is 1.44 bits per heavy atom. The Hall–Kier alpha value is -0.960. The molecule has 3 nitrogen and oxygen atoms in total. The van der Waals surface area contributed by atoms with Gasteiger partial charge in [-0.3, -0.25) is 0 Å². The Kier molecular flexibility index (Phi) is 2.98. The zero-order valence-corrected chi connectivity index (χ0v) is 10.6. The molecule has 1 aromatic rings. The van der Waals surface area contributed by atoms with Crippen LogP contribution in [0.4, 0.5) is 11.5 Å². The average Bonchev–Trinajstić information content (AvgIpc) is 2.14. The summed E-state index contributed by atoms with van der Waals surface area (Å²) in [5.74, 6) is 0.901. The Bertz CT molecular complexity index is 370. The molecule has 1 saturated heterocycles. The molecular formula is C12H18ClN3. The van der Waals surface area contributed by atoms with Crippen LogP contribution >= 0.6 is 11.6 Å². The first kappa shape index (κ1) is 11.5. The van der Waals surface area contributed by atoms with E-state index in [9.17, 15) is 0 Å². The molecule has 0 aromatic carbocycles. The lowest BCUT2D eigenvalue weighted by Crippen LogP contribution is -2.40. The highest BCUT2D eigenvalue weighted by molar-refractivity contribution is 6.29. The molecule has 0 amide bonds. The molecule has 1 aliphatic heterocycles. The maximum Gasteiger partial charge on any atom is 0.133 e. The highest BCUT2D eigenvalue weighted by Gasteiger charge is 2.27. The summed E-state index contributed by atoms with van der Waals surface area (Å²) in [4.78, 5) is 6.60. The van der Waals surface area contributed by atoms with Gasteiger partial charge in [-0.25, -0.2) is 4.98 Å². The van der Waals surface area contributed by atoms with Crippen LogP contribution in [0.1, 0.15) is 26.7 Å². The van der Waals surface area contributed by atoms with Gasteiger partial charge in [-0.1, -0.05) is 25.4 Å². The molecule has 0 saturated carbocycles. The normalized spacial score (nSPS) is 19.8. The van der Waals surface area contributed by atoms with E-state index in [1.807, 2.05) is 6.07 Å². The van der Waals surface area contributed by atoms with Crippen LogP contribution in [0.25, 0.3) is 0 Å². The molecular weight excluding hydrogens is 222 g/mol. The van der Waals surface area contributed by atoms with E-state index in [2.05, 4.69) is 23.7 Å². The van der Waals surface area contributed by atoms with Gasteiger partial charge in [0.2, 0.25) is 0 Å². The predicted octanol–water partition coefficient (Wildman–Crippen LogP) is 2.94. The van der Waals surface area contributed by atoms with E-state index < -0.39 is 0 Å². The van der Waals surface area contributed by atoms with E-state index in [0.29, 0.717) is 16.3 Å². The number of pyridine rings is 1. The zero-order chi connectivity index (χ0) is 11.8. The van der Waals surface area contributed by atoms with Crippen LogP contribution in [0.5, 0.6) is 0 Å². The summed E-state index contributed by atoms with van der Waals surface area (Å²) >= 11 is 5.92. The van der Waals surface area contributed by atoms with E-state index in [1.165, 1.54) is 12.8 Å². The minimum Gasteiger partial charge on any atom is -0.399 e. The first-order valence-electron chi connectivity index (χ1n) is 5.64. The molecule has 2 rings (SSSR count). The van der Waals surface area contributed by atoms with Crippen molar-refractivity contribution in [3.8, 4) is 0 Å². The molecule has 2 N–H and O–H groups in total. The number of nitrogens with two attached hydrogens (primary N) is 1. The quantitative estimate of drug-likeness (QED) is 0.767. The van der Waals surface area contributed by atoms with Gasteiger partial charge in [0.05, 0.1) is 0 Å². The molecule has 4 heteroatoms. The summed E-state index contributed by atoms with van der Waals surface area (Å²) in [6.07, 6.45) is 2.46. The summed E-state index contributed by atoms with van der Waals surface area (Å²) in [5, 5.41) is 0.471. The van der Waals surface area contributed by atoms with Gasteiger partial charge in [0, 0.05) is 24.8 Å². The predicted molar refractivity (Wildman–Crippen MR) is 68.9 cm³/mol. The fraction of sp³-hybridized carbons (Fsp3) is 0.583. The smallest absolute Gasteiger partial charge is 0.133 e. The van der Waals surface area contributed by atoms with E-state index in [1.54, 1.807) is 6.07 Å². The fourth-order valence-electron chi connectivity index (χ4n) is 2.28. The molecule has 1 aliphatic rings. The van der Waals surface area contributed by atoms with Crippen molar-refractivity contribution in [2.24, 2.45) is 5.41 Å². The highest BCUT2D eigenvalue weighted by atomic mass is 35.5. The number of piperidine rings is 1. The molecule has 0 bridgehead atoms. The molecule has 0 aliphatic carbocycles. The summed E-state index contributed by atoms with van der Waals surface area (Å²) < 4.78 is 0. The summed E-state index contributed by atoms with van der Waals surface area (Å²) in [6.45, 7) is 6.62. The average molecular weight is 240 g/mol. The van der Waals surface area contributed by atoms with Crippen LogP contribution in [0, 0.1) is 5.41 Å². The fourth-order valence-corrected chi connectivity index (χ4v) is 2.50. The number of hydrogen-bond acceptors (Lipinski definition) is 3. The van der Waals surface area contributed by atoms with Gasteiger partial charge < -0.3 is 10.6 Å². The molecule has 2 heterocycles. The van der Waals surface area contributed by atoms with Crippen molar-refractivity contribution < 1.29 is 0 Å².